The molecule has 1 unspecified atom stereocenters. The van der Waals surface area contributed by atoms with E-state index in [4.69, 9.17) is 0 Å². The van der Waals surface area contributed by atoms with Gasteiger partial charge in [0.2, 0.25) is 0 Å². The lowest BCUT2D eigenvalue weighted by Gasteiger charge is -2.19. The van der Waals surface area contributed by atoms with Crippen molar-refractivity contribution in [2.75, 3.05) is 6.54 Å². The zero-order valence-corrected chi connectivity index (χ0v) is 12.3. The number of aromatic nitrogens is 1. The van der Waals surface area contributed by atoms with Crippen LogP contribution in [0.1, 0.15) is 56.5 Å². The minimum absolute atomic E-state index is 0.172. The lowest BCUT2D eigenvalue weighted by atomic mass is 10.1. The number of nitrogens with zero attached hydrogens (tertiary/aromatic N) is 1. The Labute approximate surface area is 110 Å². The van der Waals surface area contributed by atoms with Crippen LogP contribution in [0.2, 0.25) is 0 Å². The fourth-order valence-electron chi connectivity index (χ4n) is 2.28. The van der Waals surface area contributed by atoms with E-state index in [1.165, 1.54) is 0 Å². The van der Waals surface area contributed by atoms with Gasteiger partial charge in [0.15, 0.2) is 0 Å². The molecule has 0 aromatic carbocycles. The van der Waals surface area contributed by atoms with Crippen molar-refractivity contribution in [2.24, 2.45) is 0 Å². The van der Waals surface area contributed by atoms with Gasteiger partial charge in [0.25, 0.3) is 5.56 Å². The second-order valence-electron chi connectivity index (χ2n) is 5.06. The summed E-state index contributed by atoms with van der Waals surface area (Å²) in [6, 6.07) is 2.39. The molecule has 102 valence electrons. The molecular formula is C15H26N2O. The smallest absolute Gasteiger partial charge is 0.255 e. The molecule has 0 aliphatic rings. The van der Waals surface area contributed by atoms with Crippen molar-refractivity contribution in [3.63, 3.8) is 0 Å². The summed E-state index contributed by atoms with van der Waals surface area (Å²) < 4.78 is 1.93. The Morgan fingerprint density at radius 2 is 2.00 bits per heavy atom. The highest BCUT2D eigenvalue weighted by atomic mass is 16.1. The first-order valence-corrected chi connectivity index (χ1v) is 6.95. The topological polar surface area (TPSA) is 34.0 Å². The van der Waals surface area contributed by atoms with Crippen molar-refractivity contribution in [3.05, 3.63) is 33.2 Å². The van der Waals surface area contributed by atoms with Crippen molar-refractivity contribution >= 4 is 0 Å². The summed E-state index contributed by atoms with van der Waals surface area (Å²) in [4.78, 5) is 12.5. The largest absolute Gasteiger partial charge is 0.312 e. The number of hydrogen-bond acceptors (Lipinski definition) is 2. The van der Waals surface area contributed by atoms with Gasteiger partial charge in [-0.1, -0.05) is 13.8 Å². The maximum atomic E-state index is 12.5. The van der Waals surface area contributed by atoms with E-state index in [1.807, 2.05) is 18.4 Å². The molecule has 3 nitrogen and oxygen atoms in total. The molecule has 1 atom stereocenters. The van der Waals surface area contributed by atoms with E-state index in [1.54, 1.807) is 0 Å². The van der Waals surface area contributed by atoms with Gasteiger partial charge in [0.1, 0.15) is 0 Å². The van der Waals surface area contributed by atoms with Crippen molar-refractivity contribution in [1.29, 1.82) is 0 Å². The highest BCUT2D eigenvalue weighted by Crippen LogP contribution is 2.13. The molecule has 0 amide bonds. The zero-order chi connectivity index (χ0) is 13.7. The van der Waals surface area contributed by atoms with E-state index in [9.17, 15) is 4.79 Å². The summed E-state index contributed by atoms with van der Waals surface area (Å²) in [5.41, 5.74) is 3.24. The Morgan fingerprint density at radius 3 is 2.56 bits per heavy atom. The van der Waals surface area contributed by atoms with Gasteiger partial charge in [-0.2, -0.15) is 0 Å². The Bertz CT molecular complexity index is 449. The van der Waals surface area contributed by atoms with E-state index >= 15 is 0 Å². The lowest BCUT2D eigenvalue weighted by Crippen LogP contribution is -2.31. The predicted octanol–water partition coefficient (Wildman–Crippen LogP) is 2.94. The number of hydrogen-bond donors (Lipinski definition) is 1. The van der Waals surface area contributed by atoms with Crippen molar-refractivity contribution < 1.29 is 0 Å². The van der Waals surface area contributed by atoms with Crippen LogP contribution < -0.4 is 10.9 Å². The predicted molar refractivity (Wildman–Crippen MR) is 77.2 cm³/mol. The molecular weight excluding hydrogens is 224 g/mol. The fourth-order valence-corrected chi connectivity index (χ4v) is 2.28. The van der Waals surface area contributed by atoms with Crippen molar-refractivity contribution in [3.8, 4) is 0 Å². The van der Waals surface area contributed by atoms with Crippen LogP contribution in [0, 0.1) is 13.8 Å². The third kappa shape index (κ3) is 3.22. The number of aryl methyl sites for hydroxylation is 2. The number of nitrogens with one attached hydrogen (secondary N) is 1. The minimum Gasteiger partial charge on any atom is -0.312 e. The maximum Gasteiger partial charge on any atom is 0.255 e. The van der Waals surface area contributed by atoms with E-state index in [0.29, 0.717) is 6.54 Å². The van der Waals surface area contributed by atoms with Gasteiger partial charge in [-0.3, -0.25) is 4.79 Å². The lowest BCUT2D eigenvalue weighted by molar-refractivity contribution is 0.496. The van der Waals surface area contributed by atoms with Crippen molar-refractivity contribution in [2.45, 2.75) is 60.0 Å². The molecule has 0 radical (unpaired) electrons. The second-order valence-corrected chi connectivity index (χ2v) is 5.06. The summed E-state index contributed by atoms with van der Waals surface area (Å²) >= 11 is 0. The van der Waals surface area contributed by atoms with Gasteiger partial charge in [-0.05, 0) is 51.8 Å². The molecule has 3 heteroatoms. The number of rotatable bonds is 6. The number of pyridine rings is 1. The molecule has 0 fully saturated rings. The third-order valence-corrected chi connectivity index (χ3v) is 3.52. The molecule has 0 spiro atoms. The Hall–Kier alpha value is -1.09. The molecule has 0 bridgehead atoms. The molecule has 18 heavy (non-hydrogen) atoms. The molecule has 1 rings (SSSR count). The monoisotopic (exact) mass is 250 g/mol. The molecule has 1 N–H and O–H groups in total. The molecule has 0 saturated carbocycles. The fraction of sp³-hybridized carbons (Fsp3) is 0.667. The van der Waals surface area contributed by atoms with E-state index < -0.39 is 0 Å². The minimum atomic E-state index is 0.172. The van der Waals surface area contributed by atoms with Crippen LogP contribution in [0.3, 0.4) is 0 Å². The summed E-state index contributed by atoms with van der Waals surface area (Å²) in [6.45, 7) is 12.0. The highest BCUT2D eigenvalue weighted by Gasteiger charge is 2.13. The van der Waals surface area contributed by atoms with Crippen LogP contribution in [0.25, 0.3) is 0 Å². The average molecular weight is 250 g/mol. The molecule has 1 heterocycles. The Morgan fingerprint density at radius 1 is 1.33 bits per heavy atom. The van der Waals surface area contributed by atoms with Gasteiger partial charge in [0, 0.05) is 23.8 Å². The first-order valence-electron chi connectivity index (χ1n) is 6.95. The highest BCUT2D eigenvalue weighted by molar-refractivity contribution is 5.26. The summed E-state index contributed by atoms with van der Waals surface area (Å²) in [5.74, 6) is 0. The molecule has 1 aromatic heterocycles. The van der Waals surface area contributed by atoms with Gasteiger partial charge in [-0.25, -0.2) is 0 Å². The van der Waals surface area contributed by atoms with Gasteiger partial charge in [0.05, 0.1) is 0 Å². The van der Waals surface area contributed by atoms with E-state index in [0.717, 1.165) is 36.2 Å². The van der Waals surface area contributed by atoms with Crippen LogP contribution in [-0.4, -0.2) is 11.1 Å². The molecule has 0 aliphatic carbocycles. The van der Waals surface area contributed by atoms with Crippen molar-refractivity contribution in [1.82, 2.24) is 9.88 Å². The summed E-state index contributed by atoms with van der Waals surface area (Å²) in [6.07, 6.45) is 2.07. The Balaban J connectivity index is 3.14. The summed E-state index contributed by atoms with van der Waals surface area (Å²) in [5, 5.41) is 3.32. The average Bonchev–Trinajstić information content (AvgIpc) is 2.32. The van der Waals surface area contributed by atoms with Crippen LogP contribution >= 0.6 is 0 Å². The zero-order valence-electron chi connectivity index (χ0n) is 12.3. The van der Waals surface area contributed by atoms with Crippen LogP contribution in [-0.2, 0) is 6.54 Å². The van der Waals surface area contributed by atoms with Gasteiger partial charge >= 0.3 is 0 Å². The van der Waals surface area contributed by atoms with E-state index in [-0.39, 0.29) is 11.6 Å². The van der Waals surface area contributed by atoms with Gasteiger partial charge < -0.3 is 9.88 Å². The van der Waals surface area contributed by atoms with Crippen LogP contribution in [0.15, 0.2) is 10.9 Å². The Kier molecular flexibility index (Phi) is 5.60. The SMILES string of the molecule is CCCNCc1c(C)cc(C)n(C(C)CC)c1=O. The summed E-state index contributed by atoms with van der Waals surface area (Å²) in [7, 11) is 0. The normalized spacial score (nSPS) is 12.7. The maximum absolute atomic E-state index is 12.5. The quantitative estimate of drug-likeness (QED) is 0.788. The molecule has 0 saturated heterocycles. The standard InChI is InChI=1S/C15H26N2O/c1-6-8-16-10-14-11(3)9-13(5)17(15(14)18)12(4)7-2/h9,12,16H,6-8,10H2,1-5H3. The molecule has 0 aliphatic heterocycles. The van der Waals surface area contributed by atoms with Gasteiger partial charge in [-0.15, -0.1) is 0 Å². The second kappa shape index (κ2) is 6.74. The van der Waals surface area contributed by atoms with Crippen LogP contribution in [0.4, 0.5) is 0 Å². The third-order valence-electron chi connectivity index (χ3n) is 3.52. The first-order chi connectivity index (χ1) is 8.52. The first kappa shape index (κ1) is 15.0. The van der Waals surface area contributed by atoms with E-state index in [2.05, 4.69) is 32.2 Å². The van der Waals surface area contributed by atoms with Crippen LogP contribution in [0.5, 0.6) is 0 Å². The molecule has 1 aromatic rings.